The van der Waals surface area contributed by atoms with Crippen molar-refractivity contribution in [3.63, 3.8) is 0 Å². The fourth-order valence-electron chi connectivity index (χ4n) is 4.43. The molecule has 5 aromatic rings. The Hall–Kier alpha value is -4.10. The Balaban J connectivity index is 1.47. The predicted molar refractivity (Wildman–Crippen MR) is 141 cm³/mol. The molecule has 0 aliphatic rings. The second-order valence-corrected chi connectivity index (χ2v) is 10.1. The van der Waals surface area contributed by atoms with E-state index < -0.39 is 15.9 Å². The number of aromatic nitrogens is 1. The van der Waals surface area contributed by atoms with Crippen LogP contribution >= 0.6 is 0 Å². The van der Waals surface area contributed by atoms with Crippen LogP contribution in [0.25, 0.3) is 21.8 Å². The molecule has 1 heterocycles. The zero-order valence-corrected chi connectivity index (χ0v) is 20.1. The molecule has 0 unspecified atom stereocenters. The van der Waals surface area contributed by atoms with E-state index in [-0.39, 0.29) is 11.4 Å². The molecule has 4 aromatic carbocycles. The molecule has 1 amide bonds. The first-order valence-electron chi connectivity index (χ1n) is 11.4. The van der Waals surface area contributed by atoms with Crippen molar-refractivity contribution in [3.05, 3.63) is 103 Å². The van der Waals surface area contributed by atoms with Gasteiger partial charge in [0, 0.05) is 34.0 Å². The Kier molecular flexibility index (Phi) is 6.01. The predicted octanol–water partition coefficient (Wildman–Crippen LogP) is 5.65. The summed E-state index contributed by atoms with van der Waals surface area (Å²) in [7, 11) is -3.94. The maximum atomic E-state index is 13.4. The molecule has 35 heavy (non-hydrogen) atoms. The number of aryl methyl sites for hydroxylation is 1. The zero-order valence-electron chi connectivity index (χ0n) is 19.3. The number of nitrogens with one attached hydrogen (secondary N) is 1. The summed E-state index contributed by atoms with van der Waals surface area (Å²) < 4.78 is 30.2. The monoisotopic (exact) mass is 483 g/mol. The fourth-order valence-corrected chi connectivity index (χ4v) is 5.87. The molecule has 0 aliphatic carbocycles. The molecule has 1 aromatic heterocycles. The third-order valence-corrected chi connectivity index (χ3v) is 7.82. The molecular weight excluding hydrogens is 458 g/mol. The Morgan fingerprint density at radius 3 is 2.14 bits per heavy atom. The first kappa shape index (κ1) is 22.7. The van der Waals surface area contributed by atoms with Gasteiger partial charge in [0.1, 0.15) is 6.54 Å². The molecule has 5 rings (SSSR count). The fraction of sp³-hybridized carbons (Fsp3) is 0.107. The van der Waals surface area contributed by atoms with Gasteiger partial charge in [0.25, 0.3) is 10.0 Å². The molecule has 0 saturated heterocycles. The highest BCUT2D eigenvalue weighted by Crippen LogP contribution is 2.31. The number of anilines is 2. The van der Waals surface area contributed by atoms with Crippen molar-refractivity contribution >= 4 is 49.1 Å². The largest absolute Gasteiger partial charge is 0.341 e. The molecule has 0 saturated carbocycles. The summed E-state index contributed by atoms with van der Waals surface area (Å²) in [5.74, 6) is -0.424. The average Bonchev–Trinajstić information content (AvgIpc) is 3.21. The quantitative estimate of drug-likeness (QED) is 0.325. The van der Waals surface area contributed by atoms with Gasteiger partial charge in [-0.1, -0.05) is 54.6 Å². The molecule has 0 bridgehead atoms. The first-order chi connectivity index (χ1) is 17.0. The van der Waals surface area contributed by atoms with Crippen LogP contribution < -0.4 is 9.62 Å². The Morgan fingerprint density at radius 2 is 1.43 bits per heavy atom. The lowest BCUT2D eigenvalue weighted by Crippen LogP contribution is -2.38. The lowest BCUT2D eigenvalue weighted by atomic mass is 10.1. The summed E-state index contributed by atoms with van der Waals surface area (Å²) in [6.07, 6.45) is 0. The van der Waals surface area contributed by atoms with Gasteiger partial charge >= 0.3 is 0 Å². The Morgan fingerprint density at radius 1 is 0.800 bits per heavy atom. The molecule has 6 nitrogen and oxygen atoms in total. The number of rotatable bonds is 7. The molecule has 0 fully saturated rings. The summed E-state index contributed by atoms with van der Waals surface area (Å²) in [6.45, 7) is 2.59. The van der Waals surface area contributed by atoms with E-state index in [0.29, 0.717) is 11.4 Å². The maximum absolute atomic E-state index is 13.4. The highest BCUT2D eigenvalue weighted by Gasteiger charge is 2.27. The summed E-state index contributed by atoms with van der Waals surface area (Å²) >= 11 is 0. The van der Waals surface area contributed by atoms with Crippen molar-refractivity contribution in [2.45, 2.75) is 18.4 Å². The van der Waals surface area contributed by atoms with Gasteiger partial charge in [-0.15, -0.1) is 0 Å². The molecule has 176 valence electrons. The number of amides is 1. The summed E-state index contributed by atoms with van der Waals surface area (Å²) in [5, 5.41) is 5.04. The van der Waals surface area contributed by atoms with E-state index >= 15 is 0 Å². The van der Waals surface area contributed by atoms with Crippen molar-refractivity contribution in [2.75, 3.05) is 16.2 Å². The minimum atomic E-state index is -3.94. The Bertz CT molecular complexity index is 1610. The highest BCUT2D eigenvalue weighted by molar-refractivity contribution is 7.92. The first-order valence-corrected chi connectivity index (χ1v) is 12.9. The van der Waals surface area contributed by atoms with Crippen molar-refractivity contribution in [3.8, 4) is 0 Å². The van der Waals surface area contributed by atoms with Crippen LogP contribution in [0, 0.1) is 0 Å². The number of para-hydroxylation sites is 2. The van der Waals surface area contributed by atoms with Gasteiger partial charge in [-0.2, -0.15) is 0 Å². The van der Waals surface area contributed by atoms with E-state index in [0.717, 1.165) is 32.7 Å². The second kappa shape index (κ2) is 9.27. The van der Waals surface area contributed by atoms with Crippen LogP contribution in [-0.4, -0.2) is 25.4 Å². The third kappa shape index (κ3) is 4.26. The van der Waals surface area contributed by atoms with Crippen LogP contribution in [-0.2, 0) is 21.4 Å². The van der Waals surface area contributed by atoms with Gasteiger partial charge in [-0.05, 0) is 55.5 Å². The van der Waals surface area contributed by atoms with Crippen molar-refractivity contribution in [1.82, 2.24) is 4.57 Å². The van der Waals surface area contributed by atoms with Crippen LogP contribution in [0.15, 0.2) is 108 Å². The number of hydrogen-bond donors (Lipinski definition) is 1. The van der Waals surface area contributed by atoms with Crippen molar-refractivity contribution in [1.29, 1.82) is 0 Å². The standard InChI is InChI=1S/C28H25N3O3S/c1-2-30-26-16-10-9-15-24(26)25-19-21(17-18-27(25)30)29-28(32)20-31(22-11-5-3-6-12-22)35(33,34)23-13-7-4-8-14-23/h3-19H,2,20H2,1H3,(H,29,32). The van der Waals surface area contributed by atoms with Gasteiger partial charge in [-0.25, -0.2) is 8.42 Å². The number of fused-ring (bicyclic) bond motifs is 3. The van der Waals surface area contributed by atoms with Crippen LogP contribution in [0.2, 0.25) is 0 Å². The summed E-state index contributed by atoms with van der Waals surface area (Å²) in [4.78, 5) is 13.2. The van der Waals surface area contributed by atoms with E-state index in [1.54, 1.807) is 48.5 Å². The van der Waals surface area contributed by atoms with Gasteiger partial charge < -0.3 is 9.88 Å². The van der Waals surface area contributed by atoms with Gasteiger partial charge in [0.2, 0.25) is 5.91 Å². The number of hydrogen-bond acceptors (Lipinski definition) is 3. The van der Waals surface area contributed by atoms with E-state index in [2.05, 4.69) is 28.9 Å². The number of carbonyl (C=O) groups is 1. The number of benzene rings is 4. The summed E-state index contributed by atoms with van der Waals surface area (Å²) in [5.41, 5.74) is 3.27. The summed E-state index contributed by atoms with van der Waals surface area (Å²) in [6, 6.07) is 30.8. The lowest BCUT2D eigenvalue weighted by Gasteiger charge is -2.24. The lowest BCUT2D eigenvalue weighted by molar-refractivity contribution is -0.114. The maximum Gasteiger partial charge on any atom is 0.264 e. The SMILES string of the molecule is CCn1c2ccccc2c2cc(NC(=O)CN(c3ccccc3)S(=O)(=O)c3ccccc3)ccc21. The topological polar surface area (TPSA) is 71.4 Å². The van der Waals surface area contributed by atoms with Gasteiger partial charge in [-0.3, -0.25) is 9.10 Å². The van der Waals surface area contributed by atoms with E-state index in [1.807, 2.05) is 30.3 Å². The molecule has 0 spiro atoms. The van der Waals surface area contributed by atoms with Crippen molar-refractivity contribution in [2.24, 2.45) is 0 Å². The van der Waals surface area contributed by atoms with Gasteiger partial charge in [0.05, 0.1) is 10.6 Å². The van der Waals surface area contributed by atoms with Crippen LogP contribution in [0.5, 0.6) is 0 Å². The Labute approximate surface area is 204 Å². The second-order valence-electron chi connectivity index (χ2n) is 8.20. The number of carbonyl (C=O) groups excluding carboxylic acids is 1. The van der Waals surface area contributed by atoms with Crippen LogP contribution in [0.1, 0.15) is 6.92 Å². The van der Waals surface area contributed by atoms with Crippen LogP contribution in [0.4, 0.5) is 11.4 Å². The number of sulfonamides is 1. The molecule has 0 aliphatic heterocycles. The van der Waals surface area contributed by atoms with Crippen molar-refractivity contribution < 1.29 is 13.2 Å². The van der Waals surface area contributed by atoms with E-state index in [4.69, 9.17) is 0 Å². The minimum absolute atomic E-state index is 0.130. The minimum Gasteiger partial charge on any atom is -0.341 e. The molecule has 7 heteroatoms. The molecule has 0 radical (unpaired) electrons. The average molecular weight is 484 g/mol. The number of nitrogens with zero attached hydrogens (tertiary/aromatic N) is 2. The molecule has 1 N–H and O–H groups in total. The molecular formula is C28H25N3O3S. The highest BCUT2D eigenvalue weighted by atomic mass is 32.2. The van der Waals surface area contributed by atoms with Gasteiger partial charge in [0.15, 0.2) is 0 Å². The van der Waals surface area contributed by atoms with E-state index in [1.165, 1.54) is 12.1 Å². The van der Waals surface area contributed by atoms with Crippen LogP contribution in [0.3, 0.4) is 0 Å². The third-order valence-electron chi connectivity index (χ3n) is 6.03. The molecule has 0 atom stereocenters. The van der Waals surface area contributed by atoms with E-state index in [9.17, 15) is 13.2 Å². The zero-order chi connectivity index (χ0) is 24.4. The normalized spacial score (nSPS) is 11.6. The smallest absolute Gasteiger partial charge is 0.264 e.